The first-order chi connectivity index (χ1) is 12.3. The van der Waals surface area contributed by atoms with E-state index in [-0.39, 0.29) is 12.0 Å². The highest BCUT2D eigenvalue weighted by Crippen LogP contribution is 2.27. The fraction of sp³-hybridized carbons (Fsp3) is 0.375. The molecule has 0 spiro atoms. The molecule has 3 aromatic heterocycles. The Morgan fingerprint density at radius 1 is 1.44 bits per heavy atom. The Kier molecular flexibility index (Phi) is 4.86. The summed E-state index contributed by atoms with van der Waals surface area (Å²) in [6.45, 7) is 1.81. The lowest BCUT2D eigenvalue weighted by molar-refractivity contribution is 0.0929. The van der Waals surface area contributed by atoms with Crippen LogP contribution < -0.4 is 5.32 Å². The first-order valence-corrected chi connectivity index (χ1v) is 9.82. The highest BCUT2D eigenvalue weighted by atomic mass is 32.1. The molecule has 3 aromatic rings. The Bertz CT molecular complexity index is 836. The molecule has 7 nitrogen and oxygen atoms in total. The second-order valence-electron chi connectivity index (χ2n) is 5.76. The summed E-state index contributed by atoms with van der Waals surface area (Å²) in [4.78, 5) is 17.9. The van der Waals surface area contributed by atoms with E-state index in [2.05, 4.69) is 20.6 Å². The molecule has 1 N–H and O–H groups in total. The van der Waals surface area contributed by atoms with Gasteiger partial charge in [-0.15, -0.1) is 27.8 Å². The Labute approximate surface area is 152 Å². The second kappa shape index (κ2) is 7.42. The van der Waals surface area contributed by atoms with Gasteiger partial charge in [0.25, 0.3) is 5.91 Å². The van der Waals surface area contributed by atoms with Crippen LogP contribution in [0.2, 0.25) is 0 Å². The SMILES string of the molecule is O=C(NCc1csc(-c2cccs2)n1)c1cn(C[C@H]2CCCO2)nn1. The molecule has 4 rings (SSSR count). The summed E-state index contributed by atoms with van der Waals surface area (Å²) in [7, 11) is 0. The predicted octanol–water partition coefficient (Wildman–Crippen LogP) is 2.57. The van der Waals surface area contributed by atoms with Gasteiger partial charge in [-0.3, -0.25) is 4.79 Å². The molecule has 25 heavy (non-hydrogen) atoms. The van der Waals surface area contributed by atoms with Crippen molar-refractivity contribution in [2.45, 2.75) is 32.0 Å². The van der Waals surface area contributed by atoms with E-state index in [0.717, 1.165) is 35.0 Å². The van der Waals surface area contributed by atoms with Crippen LogP contribution in [0.1, 0.15) is 29.0 Å². The third kappa shape index (κ3) is 3.94. The van der Waals surface area contributed by atoms with E-state index in [0.29, 0.717) is 18.8 Å². The molecule has 0 aromatic carbocycles. The molecular weight excluding hydrogens is 358 g/mol. The zero-order valence-corrected chi connectivity index (χ0v) is 15.1. The van der Waals surface area contributed by atoms with Gasteiger partial charge in [0, 0.05) is 12.0 Å². The minimum absolute atomic E-state index is 0.170. The van der Waals surface area contributed by atoms with Crippen molar-refractivity contribution in [1.82, 2.24) is 25.3 Å². The molecule has 1 fully saturated rings. The average molecular weight is 375 g/mol. The summed E-state index contributed by atoms with van der Waals surface area (Å²) in [6.07, 6.45) is 3.93. The fourth-order valence-electron chi connectivity index (χ4n) is 2.65. The molecule has 1 amide bonds. The van der Waals surface area contributed by atoms with Crippen molar-refractivity contribution < 1.29 is 9.53 Å². The van der Waals surface area contributed by atoms with Gasteiger partial charge in [0.2, 0.25) is 0 Å². The third-order valence-electron chi connectivity index (χ3n) is 3.90. The number of rotatable bonds is 6. The van der Waals surface area contributed by atoms with E-state index in [1.807, 2.05) is 22.9 Å². The number of amides is 1. The molecule has 1 atom stereocenters. The summed E-state index contributed by atoms with van der Waals surface area (Å²) >= 11 is 3.23. The van der Waals surface area contributed by atoms with Crippen molar-refractivity contribution in [1.29, 1.82) is 0 Å². The molecular formula is C16H17N5O2S2. The van der Waals surface area contributed by atoms with Gasteiger partial charge in [-0.25, -0.2) is 9.67 Å². The topological polar surface area (TPSA) is 81.9 Å². The van der Waals surface area contributed by atoms with Crippen molar-refractivity contribution in [3.63, 3.8) is 0 Å². The Balaban J connectivity index is 1.32. The highest BCUT2D eigenvalue weighted by Gasteiger charge is 2.18. The van der Waals surface area contributed by atoms with Gasteiger partial charge >= 0.3 is 0 Å². The number of nitrogens with zero attached hydrogens (tertiary/aromatic N) is 4. The minimum Gasteiger partial charge on any atom is -0.376 e. The molecule has 1 aliphatic rings. The molecule has 9 heteroatoms. The van der Waals surface area contributed by atoms with E-state index in [4.69, 9.17) is 4.74 Å². The number of hydrogen-bond acceptors (Lipinski definition) is 7. The molecule has 0 aliphatic carbocycles. The van der Waals surface area contributed by atoms with Crippen LogP contribution in [0.3, 0.4) is 0 Å². The number of carbonyl (C=O) groups is 1. The molecule has 0 bridgehead atoms. The van der Waals surface area contributed by atoms with Crippen molar-refractivity contribution in [2.75, 3.05) is 6.61 Å². The number of aromatic nitrogens is 4. The zero-order valence-electron chi connectivity index (χ0n) is 13.4. The van der Waals surface area contributed by atoms with Crippen LogP contribution in [-0.2, 0) is 17.8 Å². The average Bonchev–Trinajstić information content (AvgIpc) is 3.39. The first kappa shape index (κ1) is 16.4. The van der Waals surface area contributed by atoms with Gasteiger partial charge in [0.05, 0.1) is 36.0 Å². The summed E-state index contributed by atoms with van der Waals surface area (Å²) in [5, 5.41) is 15.8. The molecule has 0 radical (unpaired) electrons. The minimum atomic E-state index is -0.246. The summed E-state index contributed by atoms with van der Waals surface area (Å²) in [5.74, 6) is -0.246. The molecule has 130 valence electrons. The lowest BCUT2D eigenvalue weighted by Crippen LogP contribution is -2.23. The van der Waals surface area contributed by atoms with Crippen LogP contribution in [-0.4, -0.2) is 38.6 Å². The number of thiophene rings is 1. The molecule has 0 saturated carbocycles. The van der Waals surface area contributed by atoms with E-state index < -0.39 is 0 Å². The molecule has 0 unspecified atom stereocenters. The van der Waals surface area contributed by atoms with Gasteiger partial charge < -0.3 is 10.1 Å². The lowest BCUT2D eigenvalue weighted by atomic mass is 10.2. The van der Waals surface area contributed by atoms with Crippen LogP contribution in [0.15, 0.2) is 29.1 Å². The summed E-state index contributed by atoms with van der Waals surface area (Å²) in [6, 6.07) is 4.04. The Morgan fingerprint density at radius 2 is 2.40 bits per heavy atom. The van der Waals surface area contributed by atoms with Crippen molar-refractivity contribution in [2.24, 2.45) is 0 Å². The molecule has 1 aliphatic heterocycles. The normalized spacial score (nSPS) is 17.0. The van der Waals surface area contributed by atoms with E-state index >= 15 is 0 Å². The zero-order chi connectivity index (χ0) is 17.1. The van der Waals surface area contributed by atoms with Gasteiger partial charge in [-0.2, -0.15) is 0 Å². The predicted molar refractivity (Wildman–Crippen MR) is 95.6 cm³/mol. The number of hydrogen-bond donors (Lipinski definition) is 1. The Morgan fingerprint density at radius 3 is 3.20 bits per heavy atom. The van der Waals surface area contributed by atoms with E-state index in [1.54, 1.807) is 33.6 Å². The monoisotopic (exact) mass is 375 g/mol. The fourth-order valence-corrected chi connectivity index (χ4v) is 4.29. The number of nitrogens with one attached hydrogen (secondary N) is 1. The molecule has 1 saturated heterocycles. The molecule has 4 heterocycles. The van der Waals surface area contributed by atoms with E-state index in [9.17, 15) is 4.79 Å². The van der Waals surface area contributed by atoms with Gasteiger partial charge in [0.1, 0.15) is 5.01 Å². The van der Waals surface area contributed by atoms with Gasteiger partial charge in [-0.05, 0) is 24.3 Å². The maximum atomic E-state index is 12.2. The number of ether oxygens (including phenoxy) is 1. The van der Waals surface area contributed by atoms with Gasteiger partial charge in [0.15, 0.2) is 5.69 Å². The maximum Gasteiger partial charge on any atom is 0.273 e. The van der Waals surface area contributed by atoms with Gasteiger partial charge in [-0.1, -0.05) is 11.3 Å². The lowest BCUT2D eigenvalue weighted by Gasteiger charge is -2.07. The standard InChI is InChI=1S/C16H17N5O2S2/c22-15(13-9-21(20-19-13)8-12-3-1-5-23-12)17-7-11-10-25-16(18-11)14-4-2-6-24-14/h2,4,6,9-10,12H,1,3,5,7-8H2,(H,17,22)/t12-/m1/s1. The number of carbonyl (C=O) groups excluding carboxylic acids is 1. The second-order valence-corrected chi connectivity index (χ2v) is 7.57. The largest absolute Gasteiger partial charge is 0.376 e. The van der Waals surface area contributed by atoms with Crippen molar-refractivity contribution >= 4 is 28.6 Å². The van der Waals surface area contributed by atoms with Crippen molar-refractivity contribution in [3.8, 4) is 9.88 Å². The summed E-state index contributed by atoms with van der Waals surface area (Å²) in [5.41, 5.74) is 1.15. The summed E-state index contributed by atoms with van der Waals surface area (Å²) < 4.78 is 7.24. The van der Waals surface area contributed by atoms with Crippen LogP contribution in [0.25, 0.3) is 9.88 Å². The number of thiazole rings is 1. The first-order valence-electron chi connectivity index (χ1n) is 8.06. The van der Waals surface area contributed by atoms with Crippen LogP contribution >= 0.6 is 22.7 Å². The van der Waals surface area contributed by atoms with Crippen LogP contribution in [0.4, 0.5) is 0 Å². The van der Waals surface area contributed by atoms with Crippen LogP contribution in [0.5, 0.6) is 0 Å². The smallest absolute Gasteiger partial charge is 0.273 e. The van der Waals surface area contributed by atoms with Crippen LogP contribution in [0, 0.1) is 0 Å². The van der Waals surface area contributed by atoms with Crippen molar-refractivity contribution in [3.05, 3.63) is 40.5 Å². The van der Waals surface area contributed by atoms with E-state index in [1.165, 1.54) is 0 Å². The third-order valence-corrected chi connectivity index (χ3v) is 5.83. The quantitative estimate of drug-likeness (QED) is 0.716. The Hall–Kier alpha value is -2.10. The highest BCUT2D eigenvalue weighted by molar-refractivity contribution is 7.20. The maximum absolute atomic E-state index is 12.2.